The third kappa shape index (κ3) is 4.09. The molecule has 23 heavy (non-hydrogen) atoms. The number of amides is 1. The van der Waals surface area contributed by atoms with Crippen LogP contribution in [0.5, 0.6) is 0 Å². The normalized spacial score (nSPS) is 17.6. The van der Waals surface area contributed by atoms with E-state index >= 15 is 0 Å². The van der Waals surface area contributed by atoms with E-state index in [-0.39, 0.29) is 0 Å². The molecule has 1 amide bonds. The van der Waals surface area contributed by atoms with E-state index in [1.807, 2.05) is 0 Å². The number of aliphatic hydroxyl groups is 1. The van der Waals surface area contributed by atoms with Gasteiger partial charge in [-0.1, -0.05) is 17.6 Å². The summed E-state index contributed by atoms with van der Waals surface area (Å²) < 4.78 is 31.2. The average molecular weight is 324 g/mol. The first-order valence-electron chi connectivity index (χ1n) is 7.42. The summed E-state index contributed by atoms with van der Waals surface area (Å²) in [5.74, 6) is -3.17. The van der Waals surface area contributed by atoms with E-state index in [0.717, 1.165) is 4.90 Å². The van der Waals surface area contributed by atoms with E-state index in [1.165, 1.54) is 7.48 Å². The maximum atomic E-state index is 12.8. The lowest BCUT2D eigenvalue weighted by molar-refractivity contribution is -0.113. The Morgan fingerprint density at radius 1 is 1.22 bits per heavy atom. The lowest BCUT2D eigenvalue weighted by atomic mass is 9.82. The number of carbonyl (C=O) groups excluding carboxylic acids is 1. The number of hydrogen-bond donors (Lipinski definition) is 1. The Kier molecular flexibility index (Phi) is 4.56. The topological polar surface area (TPSA) is 49.8 Å². The van der Waals surface area contributed by atoms with Gasteiger partial charge < -0.3 is 14.7 Å². The summed E-state index contributed by atoms with van der Waals surface area (Å²) in [6.07, 6.45) is 0. The van der Waals surface area contributed by atoms with Gasteiger partial charge in [-0.2, -0.15) is 0 Å². The molecule has 0 atom stereocenters. The highest BCUT2D eigenvalue weighted by molar-refractivity contribution is 6.47. The molecule has 1 aromatic rings. The third-order valence-corrected chi connectivity index (χ3v) is 4.25. The van der Waals surface area contributed by atoms with Gasteiger partial charge in [0.05, 0.1) is 24.3 Å². The molecule has 4 nitrogen and oxygen atoms in total. The highest BCUT2D eigenvalue weighted by atomic mass is 19.3. The lowest BCUT2D eigenvalue weighted by Crippen LogP contribution is -2.58. The van der Waals surface area contributed by atoms with Crippen molar-refractivity contribution in [1.82, 2.24) is 4.90 Å². The quantitative estimate of drug-likeness (QED) is 0.837. The number of carbonyl (C=O) groups is 1. The molecule has 2 rings (SSSR count). The second-order valence-electron chi connectivity index (χ2n) is 6.94. The fourth-order valence-corrected chi connectivity index (χ4v) is 1.90. The highest BCUT2D eigenvalue weighted by Gasteiger charge is 2.46. The minimum atomic E-state index is -2.76. The van der Waals surface area contributed by atoms with Crippen LogP contribution in [0.15, 0.2) is 24.3 Å². The zero-order valence-electron chi connectivity index (χ0n) is 13.8. The summed E-state index contributed by atoms with van der Waals surface area (Å²) in [6, 6.07) is 6.49. The fourth-order valence-electron chi connectivity index (χ4n) is 1.90. The van der Waals surface area contributed by atoms with Crippen LogP contribution in [0.1, 0.15) is 38.1 Å². The lowest BCUT2D eigenvalue weighted by Gasteiger charge is -2.38. The number of halogens is 2. The molecule has 1 aromatic carbocycles. The molecule has 1 radical (unpaired) electrons. The van der Waals surface area contributed by atoms with Crippen LogP contribution >= 0.6 is 0 Å². The smallest absolute Gasteiger partial charge is 0.330 e. The Labute approximate surface area is 135 Å². The summed E-state index contributed by atoms with van der Waals surface area (Å²) in [4.78, 5) is 13.1. The van der Waals surface area contributed by atoms with E-state index in [1.54, 1.807) is 52.0 Å². The first-order chi connectivity index (χ1) is 10.4. The van der Waals surface area contributed by atoms with Crippen LogP contribution in [-0.2, 0) is 4.65 Å². The number of hydrogen-bond acceptors (Lipinski definition) is 3. The second-order valence-corrected chi connectivity index (χ2v) is 6.94. The summed E-state index contributed by atoms with van der Waals surface area (Å²) in [6.45, 7) is 5.80. The van der Waals surface area contributed by atoms with Crippen molar-refractivity contribution < 1.29 is 23.3 Å². The van der Waals surface area contributed by atoms with Crippen molar-refractivity contribution in [2.45, 2.75) is 44.8 Å². The molecule has 0 aromatic heterocycles. The summed E-state index contributed by atoms with van der Waals surface area (Å²) in [7, 11) is 1.50. The molecule has 0 spiro atoms. The van der Waals surface area contributed by atoms with Gasteiger partial charge in [0.25, 0.3) is 11.8 Å². The maximum absolute atomic E-state index is 12.8. The molecular formula is C16H21BF2NO3. The number of benzene rings is 1. The summed E-state index contributed by atoms with van der Waals surface area (Å²) in [5, 5.41) is 10.0. The Morgan fingerprint density at radius 2 is 1.74 bits per heavy atom. The molecule has 1 heterocycles. The second kappa shape index (κ2) is 5.87. The molecule has 1 aliphatic rings. The molecule has 1 saturated heterocycles. The minimum Gasteiger partial charge on any atom is -0.427 e. The van der Waals surface area contributed by atoms with Crippen molar-refractivity contribution in [2.24, 2.45) is 0 Å². The van der Waals surface area contributed by atoms with Gasteiger partial charge in [-0.15, -0.1) is 0 Å². The number of nitrogens with zero attached hydrogens (tertiary/aromatic N) is 1. The van der Waals surface area contributed by atoms with Gasteiger partial charge in [-0.3, -0.25) is 4.79 Å². The van der Waals surface area contributed by atoms with Crippen LogP contribution < -0.4 is 5.46 Å². The van der Waals surface area contributed by atoms with Crippen LogP contribution in [0, 0.1) is 0 Å². The van der Waals surface area contributed by atoms with Gasteiger partial charge in [0.2, 0.25) is 0 Å². The molecule has 0 unspecified atom stereocenters. The van der Waals surface area contributed by atoms with E-state index < -0.39 is 36.1 Å². The van der Waals surface area contributed by atoms with Crippen LogP contribution in [0.4, 0.5) is 8.78 Å². The van der Waals surface area contributed by atoms with E-state index in [2.05, 4.69) is 0 Å². The Balaban J connectivity index is 1.94. The third-order valence-electron chi connectivity index (χ3n) is 4.25. The molecule has 125 valence electrons. The van der Waals surface area contributed by atoms with Gasteiger partial charge in [-0.25, -0.2) is 8.78 Å². The van der Waals surface area contributed by atoms with Crippen LogP contribution in [-0.4, -0.2) is 53.6 Å². The zero-order valence-corrected chi connectivity index (χ0v) is 13.8. The van der Waals surface area contributed by atoms with Crippen molar-refractivity contribution >= 4 is 18.9 Å². The largest absolute Gasteiger partial charge is 0.427 e. The predicted molar refractivity (Wildman–Crippen MR) is 84.1 cm³/mol. The molecule has 7 heteroatoms. The molecule has 0 bridgehead atoms. The van der Waals surface area contributed by atoms with E-state index in [9.17, 15) is 18.7 Å². The molecule has 1 aliphatic heterocycles. The van der Waals surface area contributed by atoms with Gasteiger partial charge in [0, 0.05) is 5.56 Å². The van der Waals surface area contributed by atoms with Crippen molar-refractivity contribution in [3.8, 4) is 0 Å². The van der Waals surface area contributed by atoms with Crippen molar-refractivity contribution in [1.29, 1.82) is 0 Å². The fraction of sp³-hybridized carbons (Fsp3) is 0.562. The molecule has 1 fully saturated rings. The highest BCUT2D eigenvalue weighted by Crippen LogP contribution is 2.28. The van der Waals surface area contributed by atoms with Gasteiger partial charge in [0.1, 0.15) is 0 Å². The first kappa shape index (κ1) is 17.9. The van der Waals surface area contributed by atoms with Crippen molar-refractivity contribution in [3.63, 3.8) is 0 Å². The minimum absolute atomic E-state index is 0.361. The predicted octanol–water partition coefficient (Wildman–Crippen LogP) is 1.59. The Bertz CT molecular complexity index is 574. The van der Waals surface area contributed by atoms with E-state index in [0.29, 0.717) is 11.0 Å². The number of likely N-dealkylation sites (tertiary alicyclic amines) is 1. The van der Waals surface area contributed by atoms with Crippen LogP contribution in [0.2, 0.25) is 0 Å². The van der Waals surface area contributed by atoms with E-state index in [4.69, 9.17) is 4.65 Å². The number of rotatable bonds is 5. The van der Waals surface area contributed by atoms with Gasteiger partial charge in [0.15, 0.2) is 0 Å². The maximum Gasteiger partial charge on any atom is 0.330 e. The monoisotopic (exact) mass is 324 g/mol. The standard InChI is InChI=1S/C16H21BF2NO3/c1-14(2,22)15(3,4)23-17-12-7-5-11(6-8-12)13(21)20-9-16(18,19)10-20/h5-8,22H,9-10H2,1-4H3. The van der Waals surface area contributed by atoms with Crippen LogP contribution in [0.25, 0.3) is 0 Å². The average Bonchev–Trinajstić information content (AvgIpc) is 2.41. The summed E-state index contributed by atoms with van der Waals surface area (Å²) in [5.41, 5.74) is -0.737. The molecular weight excluding hydrogens is 303 g/mol. The number of alkyl halides is 2. The first-order valence-corrected chi connectivity index (χ1v) is 7.42. The van der Waals surface area contributed by atoms with Gasteiger partial charge in [-0.05, 0) is 39.8 Å². The molecule has 0 saturated carbocycles. The van der Waals surface area contributed by atoms with Gasteiger partial charge >= 0.3 is 7.48 Å². The van der Waals surface area contributed by atoms with Crippen molar-refractivity contribution in [2.75, 3.05) is 13.1 Å². The van der Waals surface area contributed by atoms with Crippen molar-refractivity contribution in [3.05, 3.63) is 29.8 Å². The Hall–Kier alpha value is -1.47. The Morgan fingerprint density at radius 3 is 2.17 bits per heavy atom. The zero-order chi connectivity index (χ0) is 17.5. The molecule has 1 N–H and O–H groups in total. The molecule has 0 aliphatic carbocycles. The SMILES string of the molecule is CC(C)(O)C(C)(C)O[B]c1ccc(C(=O)N2CC(F)(F)C2)cc1. The summed E-state index contributed by atoms with van der Waals surface area (Å²) >= 11 is 0. The van der Waals surface area contributed by atoms with Crippen LogP contribution in [0.3, 0.4) is 0 Å².